The molecule has 0 aliphatic heterocycles. The quantitative estimate of drug-likeness (QED) is 0.850. The number of halogens is 2. The molecule has 1 amide bonds. The van der Waals surface area contributed by atoms with Crippen molar-refractivity contribution >= 4 is 32.8 Å². The predicted octanol–water partition coefficient (Wildman–Crippen LogP) is 3.45. The Morgan fingerprint density at radius 2 is 2.05 bits per heavy atom. The van der Waals surface area contributed by atoms with Crippen molar-refractivity contribution < 1.29 is 13.9 Å². The van der Waals surface area contributed by atoms with Crippen molar-refractivity contribution in [2.24, 2.45) is 0 Å². The molecule has 7 heteroatoms. The third kappa shape index (κ3) is 4.07. The number of rotatable bonds is 2. The summed E-state index contributed by atoms with van der Waals surface area (Å²) >= 11 is 3.08. The molecule has 2 rings (SSSR count). The lowest BCUT2D eigenvalue weighted by atomic mass is 10.1. The van der Waals surface area contributed by atoms with E-state index in [1.165, 1.54) is 12.1 Å². The van der Waals surface area contributed by atoms with Crippen molar-refractivity contribution in [3.05, 3.63) is 44.5 Å². The minimum absolute atomic E-state index is 0.106. The van der Waals surface area contributed by atoms with Gasteiger partial charge in [0.15, 0.2) is 0 Å². The number of carbonyl (C=O) groups excluding carboxylic acids is 1. The number of ether oxygens (including phenoxy) is 1. The zero-order chi connectivity index (χ0) is 16.5. The molecule has 0 saturated heterocycles. The SMILES string of the molecule is CC(C)(C)OC(=O)NCc1cc2cc(Br)c(F)cc2c(=O)[nH]1. The van der Waals surface area contributed by atoms with Gasteiger partial charge in [0.05, 0.1) is 11.0 Å². The van der Waals surface area contributed by atoms with Gasteiger partial charge in [0.25, 0.3) is 5.56 Å². The fraction of sp³-hybridized carbons (Fsp3) is 0.333. The molecule has 0 unspecified atom stereocenters. The summed E-state index contributed by atoms with van der Waals surface area (Å²) in [5.74, 6) is -0.502. The standard InChI is InChI=1S/C15H16BrFN2O3/c1-15(2,3)22-14(21)18-7-9-4-8-5-11(16)12(17)6-10(8)13(20)19-9/h4-6H,7H2,1-3H3,(H,18,21)(H,19,20). The Bertz CT molecular complexity index is 781. The van der Waals surface area contributed by atoms with Crippen LogP contribution in [0.2, 0.25) is 0 Å². The van der Waals surface area contributed by atoms with Gasteiger partial charge in [-0.3, -0.25) is 4.79 Å². The zero-order valence-corrected chi connectivity index (χ0v) is 14.0. The van der Waals surface area contributed by atoms with Gasteiger partial charge < -0.3 is 15.0 Å². The van der Waals surface area contributed by atoms with Crippen molar-refractivity contribution in [2.75, 3.05) is 0 Å². The van der Waals surface area contributed by atoms with E-state index in [4.69, 9.17) is 4.74 Å². The summed E-state index contributed by atoms with van der Waals surface area (Å²) in [7, 11) is 0. The van der Waals surface area contributed by atoms with Crippen LogP contribution in [0.1, 0.15) is 26.5 Å². The monoisotopic (exact) mass is 370 g/mol. The van der Waals surface area contributed by atoms with E-state index in [2.05, 4.69) is 26.2 Å². The molecule has 0 atom stereocenters. The summed E-state index contributed by atoms with van der Waals surface area (Å²) in [5, 5.41) is 3.39. The van der Waals surface area contributed by atoms with Gasteiger partial charge in [-0.2, -0.15) is 0 Å². The molecule has 22 heavy (non-hydrogen) atoms. The number of aromatic nitrogens is 1. The normalized spacial score (nSPS) is 11.5. The highest BCUT2D eigenvalue weighted by molar-refractivity contribution is 9.10. The first-order valence-electron chi connectivity index (χ1n) is 6.63. The highest BCUT2D eigenvalue weighted by Gasteiger charge is 2.16. The molecule has 0 radical (unpaired) electrons. The summed E-state index contributed by atoms with van der Waals surface area (Å²) in [6.45, 7) is 5.39. The molecule has 0 aliphatic rings. The molecule has 0 fully saturated rings. The molecule has 1 aromatic heterocycles. The molecule has 1 aromatic carbocycles. The van der Waals surface area contributed by atoms with E-state index in [0.29, 0.717) is 11.1 Å². The minimum Gasteiger partial charge on any atom is -0.444 e. The number of H-pyrrole nitrogens is 1. The minimum atomic E-state index is -0.594. The van der Waals surface area contributed by atoms with Gasteiger partial charge >= 0.3 is 6.09 Å². The smallest absolute Gasteiger partial charge is 0.407 e. The summed E-state index contributed by atoms with van der Waals surface area (Å²) in [4.78, 5) is 26.2. The number of alkyl carbamates (subject to hydrolysis) is 1. The predicted molar refractivity (Wildman–Crippen MR) is 85.3 cm³/mol. The van der Waals surface area contributed by atoms with E-state index < -0.39 is 23.1 Å². The number of hydrogen-bond acceptors (Lipinski definition) is 3. The van der Waals surface area contributed by atoms with E-state index in [0.717, 1.165) is 0 Å². The second kappa shape index (κ2) is 6.08. The largest absolute Gasteiger partial charge is 0.444 e. The molecule has 118 valence electrons. The number of pyridine rings is 1. The molecule has 1 heterocycles. The van der Waals surface area contributed by atoms with Crippen LogP contribution in [-0.2, 0) is 11.3 Å². The van der Waals surface area contributed by atoms with Gasteiger partial charge in [-0.15, -0.1) is 0 Å². The maximum Gasteiger partial charge on any atom is 0.407 e. The van der Waals surface area contributed by atoms with Crippen molar-refractivity contribution in [2.45, 2.75) is 32.9 Å². The third-order valence-electron chi connectivity index (χ3n) is 2.76. The summed E-state index contributed by atoms with van der Waals surface area (Å²) < 4.78 is 18.9. The van der Waals surface area contributed by atoms with E-state index >= 15 is 0 Å². The average Bonchev–Trinajstić information content (AvgIpc) is 2.37. The maximum atomic E-state index is 13.5. The van der Waals surface area contributed by atoms with E-state index in [-0.39, 0.29) is 16.4 Å². The topological polar surface area (TPSA) is 71.2 Å². The Kier molecular flexibility index (Phi) is 4.55. The van der Waals surface area contributed by atoms with Gasteiger partial charge in [0, 0.05) is 11.1 Å². The molecule has 0 saturated carbocycles. The lowest BCUT2D eigenvalue weighted by Gasteiger charge is -2.19. The number of amides is 1. The van der Waals surface area contributed by atoms with E-state index in [9.17, 15) is 14.0 Å². The number of benzene rings is 1. The van der Waals surface area contributed by atoms with Gasteiger partial charge in [0.1, 0.15) is 11.4 Å². The first-order valence-corrected chi connectivity index (χ1v) is 7.43. The lowest BCUT2D eigenvalue weighted by molar-refractivity contribution is 0.0523. The zero-order valence-electron chi connectivity index (χ0n) is 12.4. The van der Waals surface area contributed by atoms with Crippen LogP contribution in [0.5, 0.6) is 0 Å². The van der Waals surface area contributed by atoms with Gasteiger partial charge in [-0.1, -0.05) is 0 Å². The highest BCUT2D eigenvalue weighted by Crippen LogP contribution is 2.21. The lowest BCUT2D eigenvalue weighted by Crippen LogP contribution is -2.32. The molecule has 2 N–H and O–H groups in total. The van der Waals surface area contributed by atoms with Gasteiger partial charge in [0.2, 0.25) is 0 Å². The number of hydrogen-bond donors (Lipinski definition) is 2. The Hall–Kier alpha value is -1.89. The second-order valence-electron chi connectivity index (χ2n) is 5.83. The molecule has 5 nitrogen and oxygen atoms in total. The van der Waals surface area contributed by atoms with Gasteiger partial charge in [-0.25, -0.2) is 9.18 Å². The molecule has 0 spiro atoms. The number of nitrogens with one attached hydrogen (secondary N) is 2. The third-order valence-corrected chi connectivity index (χ3v) is 3.37. The Morgan fingerprint density at radius 3 is 2.68 bits per heavy atom. The fourth-order valence-corrected chi connectivity index (χ4v) is 2.25. The van der Waals surface area contributed by atoms with Gasteiger partial charge in [-0.05, 0) is 60.3 Å². The number of carbonyl (C=O) groups is 1. The van der Waals surface area contributed by atoms with Crippen LogP contribution in [-0.4, -0.2) is 16.7 Å². The molecule has 0 bridgehead atoms. The highest BCUT2D eigenvalue weighted by atomic mass is 79.9. The van der Waals surface area contributed by atoms with Crippen LogP contribution in [0.15, 0.2) is 27.5 Å². The maximum absolute atomic E-state index is 13.5. The Balaban J connectivity index is 2.21. The summed E-state index contributed by atoms with van der Waals surface area (Å²) in [6, 6.07) is 4.37. The van der Waals surface area contributed by atoms with Crippen molar-refractivity contribution in [1.82, 2.24) is 10.3 Å². The summed E-state index contributed by atoms with van der Waals surface area (Å²) in [5.41, 5.74) is -0.504. The van der Waals surface area contributed by atoms with E-state index in [1.807, 2.05) is 0 Å². The summed E-state index contributed by atoms with van der Waals surface area (Å²) in [6.07, 6.45) is -0.575. The Labute approximate surface area is 135 Å². The van der Waals surface area contributed by atoms with Crippen LogP contribution >= 0.6 is 15.9 Å². The Morgan fingerprint density at radius 1 is 1.36 bits per heavy atom. The number of fused-ring (bicyclic) bond motifs is 1. The van der Waals surface area contributed by atoms with Crippen LogP contribution in [0.3, 0.4) is 0 Å². The van der Waals surface area contributed by atoms with Crippen LogP contribution in [0.4, 0.5) is 9.18 Å². The van der Waals surface area contributed by atoms with Crippen molar-refractivity contribution in [1.29, 1.82) is 0 Å². The molecule has 0 aliphatic carbocycles. The number of aromatic amines is 1. The van der Waals surface area contributed by atoms with Crippen LogP contribution < -0.4 is 10.9 Å². The first-order chi connectivity index (χ1) is 10.2. The fourth-order valence-electron chi connectivity index (χ4n) is 1.89. The first kappa shape index (κ1) is 16.5. The second-order valence-corrected chi connectivity index (χ2v) is 6.69. The van der Waals surface area contributed by atoms with Crippen LogP contribution in [0.25, 0.3) is 10.8 Å². The van der Waals surface area contributed by atoms with Crippen molar-refractivity contribution in [3.8, 4) is 0 Å². The van der Waals surface area contributed by atoms with Crippen LogP contribution in [0, 0.1) is 5.82 Å². The van der Waals surface area contributed by atoms with E-state index in [1.54, 1.807) is 26.8 Å². The molecular formula is C15H16BrFN2O3. The van der Waals surface area contributed by atoms with Crippen molar-refractivity contribution in [3.63, 3.8) is 0 Å². The molecular weight excluding hydrogens is 355 g/mol. The average molecular weight is 371 g/mol. The molecule has 2 aromatic rings.